The molecule has 0 aliphatic carbocycles. The molecule has 0 unspecified atom stereocenters. The van der Waals surface area contributed by atoms with Crippen LogP contribution in [0.4, 0.5) is 11.5 Å². The molecule has 0 bridgehead atoms. The van der Waals surface area contributed by atoms with Gasteiger partial charge in [-0.3, -0.25) is 9.59 Å². The molecule has 1 aromatic heterocycles. The zero-order valence-corrected chi connectivity index (χ0v) is 17.4. The number of hydrogen-bond acceptors (Lipinski definition) is 4. The predicted octanol–water partition coefficient (Wildman–Crippen LogP) is 5.17. The van der Waals surface area contributed by atoms with Gasteiger partial charge in [0, 0.05) is 30.4 Å². The van der Waals surface area contributed by atoms with Crippen molar-refractivity contribution in [2.24, 2.45) is 0 Å². The number of fused-ring (bicyclic) bond motifs is 1. The molecule has 2 heterocycles. The number of amides is 1. The third kappa shape index (κ3) is 3.83. The van der Waals surface area contributed by atoms with Crippen molar-refractivity contribution in [1.82, 2.24) is 4.98 Å². The number of aromatic nitrogens is 1. The highest BCUT2D eigenvalue weighted by atomic mass is 16.2. The first kappa shape index (κ1) is 19.8. The first-order chi connectivity index (χ1) is 14.5. The second-order valence-electron chi connectivity index (χ2n) is 7.90. The molecule has 4 rings (SSSR count). The number of pyridine rings is 1. The van der Waals surface area contributed by atoms with Crippen LogP contribution < -0.4 is 10.2 Å². The highest BCUT2D eigenvalue weighted by molar-refractivity contribution is 5.94. The van der Waals surface area contributed by atoms with Gasteiger partial charge in [0.15, 0.2) is 0 Å². The van der Waals surface area contributed by atoms with E-state index in [0.717, 1.165) is 46.5 Å². The van der Waals surface area contributed by atoms with Crippen LogP contribution in [0.1, 0.15) is 47.8 Å². The van der Waals surface area contributed by atoms with E-state index >= 15 is 0 Å². The average molecular weight is 399 g/mol. The highest BCUT2D eigenvalue weighted by Gasteiger charge is 2.32. The normalized spacial score (nSPS) is 17.9. The molecule has 2 atom stereocenters. The fourth-order valence-corrected chi connectivity index (χ4v) is 4.15. The van der Waals surface area contributed by atoms with E-state index in [1.807, 2.05) is 66.6 Å². The maximum Gasteiger partial charge on any atom is 0.224 e. The minimum absolute atomic E-state index is 0.0370. The summed E-state index contributed by atoms with van der Waals surface area (Å²) in [7, 11) is 0. The lowest BCUT2D eigenvalue weighted by Gasteiger charge is -2.39. The maximum absolute atomic E-state index is 12.4. The van der Waals surface area contributed by atoms with Crippen molar-refractivity contribution in [2.75, 3.05) is 10.2 Å². The Morgan fingerprint density at radius 2 is 1.83 bits per heavy atom. The molecule has 0 radical (unpaired) electrons. The number of benzene rings is 2. The van der Waals surface area contributed by atoms with Gasteiger partial charge in [0.2, 0.25) is 5.91 Å². The van der Waals surface area contributed by atoms with Crippen molar-refractivity contribution < 1.29 is 9.59 Å². The Morgan fingerprint density at radius 3 is 2.47 bits per heavy atom. The predicted molar refractivity (Wildman–Crippen MR) is 120 cm³/mol. The first-order valence-electron chi connectivity index (χ1n) is 10.1. The molecule has 0 spiro atoms. The lowest BCUT2D eigenvalue weighted by Crippen LogP contribution is -2.43. The number of aldehydes is 1. The van der Waals surface area contributed by atoms with Gasteiger partial charge in [0.1, 0.15) is 12.1 Å². The SMILES string of the molecule is CC(=O)N1c2ccc(-c3ccc(C=O)cc3)cc2[C@H](Nc2ccc(C)cn2)C[C@@H]1C. The molecule has 152 valence electrons. The molecule has 0 fully saturated rings. The molecule has 0 saturated carbocycles. The van der Waals surface area contributed by atoms with Crippen molar-refractivity contribution in [2.45, 2.75) is 39.3 Å². The van der Waals surface area contributed by atoms with Gasteiger partial charge >= 0.3 is 0 Å². The molecular weight excluding hydrogens is 374 g/mol. The molecule has 2 aromatic carbocycles. The zero-order valence-electron chi connectivity index (χ0n) is 17.4. The number of nitrogens with one attached hydrogen (secondary N) is 1. The van der Waals surface area contributed by atoms with Gasteiger partial charge in [-0.1, -0.05) is 36.4 Å². The summed E-state index contributed by atoms with van der Waals surface area (Å²) < 4.78 is 0. The van der Waals surface area contributed by atoms with E-state index in [4.69, 9.17) is 0 Å². The van der Waals surface area contributed by atoms with Gasteiger partial charge in [0.05, 0.1) is 6.04 Å². The number of aryl methyl sites for hydroxylation is 1. The van der Waals surface area contributed by atoms with Crippen LogP contribution in [-0.4, -0.2) is 23.2 Å². The monoisotopic (exact) mass is 399 g/mol. The third-order valence-electron chi connectivity index (χ3n) is 5.63. The molecule has 5 heteroatoms. The standard InChI is InChI=1S/C25H25N3O2/c1-16-4-11-25(26-14-16)27-23-12-17(2)28(18(3)30)24-10-9-21(13-22(23)24)20-7-5-19(15-29)6-8-20/h4-11,13-15,17,23H,12H2,1-3H3,(H,26,27)/t17-,23+/m0/s1. The van der Waals surface area contributed by atoms with E-state index < -0.39 is 0 Å². The first-order valence-corrected chi connectivity index (χ1v) is 10.1. The van der Waals surface area contributed by atoms with Crippen LogP contribution in [0.15, 0.2) is 60.8 Å². The summed E-state index contributed by atoms with van der Waals surface area (Å²) in [4.78, 5) is 29.7. The van der Waals surface area contributed by atoms with Gasteiger partial charge < -0.3 is 10.2 Å². The summed E-state index contributed by atoms with van der Waals surface area (Å²) >= 11 is 0. The number of carbonyl (C=O) groups excluding carboxylic acids is 2. The van der Waals surface area contributed by atoms with E-state index in [2.05, 4.69) is 23.3 Å². The van der Waals surface area contributed by atoms with E-state index in [1.54, 1.807) is 6.92 Å². The Bertz CT molecular complexity index is 1070. The lowest BCUT2D eigenvalue weighted by atomic mass is 9.89. The second-order valence-corrected chi connectivity index (χ2v) is 7.90. The lowest BCUT2D eigenvalue weighted by molar-refractivity contribution is -0.117. The Kier molecular flexibility index (Phi) is 5.36. The molecule has 1 amide bonds. The van der Waals surface area contributed by atoms with Crippen LogP contribution in [0.25, 0.3) is 11.1 Å². The Morgan fingerprint density at radius 1 is 1.10 bits per heavy atom. The second kappa shape index (κ2) is 8.11. The number of rotatable bonds is 4. The van der Waals surface area contributed by atoms with Gasteiger partial charge in [-0.2, -0.15) is 0 Å². The highest BCUT2D eigenvalue weighted by Crippen LogP contribution is 2.41. The fraction of sp³-hybridized carbons (Fsp3) is 0.240. The molecule has 3 aromatic rings. The fourth-order valence-electron chi connectivity index (χ4n) is 4.15. The summed E-state index contributed by atoms with van der Waals surface area (Å²) in [6.45, 7) is 5.71. The van der Waals surface area contributed by atoms with Crippen molar-refractivity contribution in [3.8, 4) is 11.1 Å². The van der Waals surface area contributed by atoms with Crippen LogP contribution in [0.5, 0.6) is 0 Å². The zero-order chi connectivity index (χ0) is 21.3. The number of anilines is 2. The summed E-state index contributed by atoms with van der Waals surface area (Å²) in [5, 5.41) is 3.56. The molecular formula is C25H25N3O2. The van der Waals surface area contributed by atoms with Crippen LogP contribution in [-0.2, 0) is 4.79 Å². The van der Waals surface area contributed by atoms with Gasteiger partial charge in [-0.15, -0.1) is 0 Å². The molecule has 1 aliphatic heterocycles. The number of carbonyl (C=O) groups is 2. The van der Waals surface area contributed by atoms with Gasteiger partial charge in [-0.25, -0.2) is 4.98 Å². The molecule has 1 aliphatic rings. The maximum atomic E-state index is 12.4. The molecule has 0 saturated heterocycles. The quantitative estimate of drug-likeness (QED) is 0.615. The summed E-state index contributed by atoms with van der Waals surface area (Å²) in [5.74, 6) is 0.861. The summed E-state index contributed by atoms with van der Waals surface area (Å²) in [6, 6.07) is 17.9. The van der Waals surface area contributed by atoms with Crippen molar-refractivity contribution in [3.05, 3.63) is 77.5 Å². The molecule has 1 N–H and O–H groups in total. The topological polar surface area (TPSA) is 62.3 Å². The van der Waals surface area contributed by atoms with Gasteiger partial charge in [0.25, 0.3) is 0 Å². The Hall–Kier alpha value is -3.47. The Labute approximate surface area is 176 Å². The Balaban J connectivity index is 1.76. The third-order valence-corrected chi connectivity index (χ3v) is 5.63. The van der Waals surface area contributed by atoms with Crippen molar-refractivity contribution >= 4 is 23.7 Å². The largest absolute Gasteiger partial charge is 0.363 e. The van der Waals surface area contributed by atoms with E-state index in [1.165, 1.54) is 0 Å². The van der Waals surface area contributed by atoms with E-state index in [0.29, 0.717) is 5.56 Å². The van der Waals surface area contributed by atoms with Crippen LogP contribution in [0.3, 0.4) is 0 Å². The number of nitrogens with zero attached hydrogens (tertiary/aromatic N) is 2. The van der Waals surface area contributed by atoms with Crippen LogP contribution >= 0.6 is 0 Å². The molecule has 5 nitrogen and oxygen atoms in total. The van der Waals surface area contributed by atoms with E-state index in [-0.39, 0.29) is 18.0 Å². The van der Waals surface area contributed by atoms with Gasteiger partial charge in [-0.05, 0) is 60.7 Å². The summed E-state index contributed by atoms with van der Waals surface area (Å²) in [5.41, 5.74) is 5.85. The minimum Gasteiger partial charge on any atom is -0.363 e. The van der Waals surface area contributed by atoms with Crippen LogP contribution in [0.2, 0.25) is 0 Å². The number of hydrogen-bond donors (Lipinski definition) is 1. The van der Waals surface area contributed by atoms with Crippen molar-refractivity contribution in [3.63, 3.8) is 0 Å². The van der Waals surface area contributed by atoms with E-state index in [9.17, 15) is 9.59 Å². The summed E-state index contributed by atoms with van der Waals surface area (Å²) in [6.07, 6.45) is 3.48. The smallest absolute Gasteiger partial charge is 0.224 e. The minimum atomic E-state index is 0.0370. The van der Waals surface area contributed by atoms with Crippen molar-refractivity contribution in [1.29, 1.82) is 0 Å². The van der Waals surface area contributed by atoms with Crippen LogP contribution in [0, 0.1) is 6.92 Å². The average Bonchev–Trinajstić information content (AvgIpc) is 2.75. The molecule has 30 heavy (non-hydrogen) atoms.